The molecule has 4 rings (SSSR count). The molecular weight excluding hydrogens is 342 g/mol. The summed E-state index contributed by atoms with van der Waals surface area (Å²) in [6.45, 7) is 5.76. The summed E-state index contributed by atoms with van der Waals surface area (Å²) >= 11 is 0. The maximum Gasteiger partial charge on any atom is 0.149 e. The number of aromatic hydroxyl groups is 1. The molecule has 0 unspecified atom stereocenters. The van der Waals surface area contributed by atoms with Gasteiger partial charge in [0.2, 0.25) is 0 Å². The van der Waals surface area contributed by atoms with Gasteiger partial charge in [0.15, 0.2) is 0 Å². The Morgan fingerprint density at radius 2 is 2.15 bits per heavy atom. The first-order valence-electron chi connectivity index (χ1n) is 9.30. The van der Waals surface area contributed by atoms with E-state index >= 15 is 0 Å². The molecule has 27 heavy (non-hydrogen) atoms. The zero-order chi connectivity index (χ0) is 18.8. The first kappa shape index (κ1) is 17.7. The number of nitrogens with zero attached hydrogens (tertiary/aromatic N) is 4. The zero-order valence-corrected chi connectivity index (χ0v) is 15.4. The fraction of sp³-hybridized carbons (Fsp3) is 0.450. The van der Waals surface area contributed by atoms with Crippen molar-refractivity contribution in [1.82, 2.24) is 15.1 Å². The Morgan fingerprint density at radius 3 is 2.81 bits per heavy atom. The molecule has 0 spiro atoms. The van der Waals surface area contributed by atoms with Crippen molar-refractivity contribution in [2.24, 2.45) is 0 Å². The van der Waals surface area contributed by atoms with Crippen molar-refractivity contribution in [3.63, 3.8) is 0 Å². The van der Waals surface area contributed by atoms with Crippen LogP contribution in [0.25, 0.3) is 11.3 Å². The lowest BCUT2D eigenvalue weighted by Crippen LogP contribution is -2.54. The Hall–Kier alpha value is -2.69. The maximum atomic E-state index is 10.2. The normalized spacial score (nSPS) is 20.7. The molecule has 1 aromatic carbocycles. The van der Waals surface area contributed by atoms with Gasteiger partial charge in [0.05, 0.1) is 36.6 Å². The number of benzene rings is 1. The predicted octanol–water partition coefficient (Wildman–Crippen LogP) is 2.30. The molecule has 0 amide bonds. The van der Waals surface area contributed by atoms with Crippen molar-refractivity contribution < 1.29 is 9.84 Å². The lowest BCUT2D eigenvalue weighted by atomic mass is 10.0. The molecule has 0 aliphatic carbocycles. The lowest BCUT2D eigenvalue weighted by molar-refractivity contribution is -0.0710. The second-order valence-electron chi connectivity index (χ2n) is 7.27. The number of likely N-dealkylation sites (tertiary alicyclic amines) is 1. The van der Waals surface area contributed by atoms with Crippen LogP contribution in [0.2, 0.25) is 0 Å². The van der Waals surface area contributed by atoms with Crippen LogP contribution in [0.15, 0.2) is 24.3 Å². The fourth-order valence-corrected chi connectivity index (χ4v) is 3.72. The van der Waals surface area contributed by atoms with Crippen LogP contribution in [0.3, 0.4) is 0 Å². The highest BCUT2D eigenvalue weighted by atomic mass is 16.5. The molecule has 0 saturated carbocycles. The van der Waals surface area contributed by atoms with Crippen molar-refractivity contribution >= 4 is 5.82 Å². The van der Waals surface area contributed by atoms with E-state index in [2.05, 4.69) is 20.4 Å². The summed E-state index contributed by atoms with van der Waals surface area (Å²) < 4.78 is 5.31. The Bertz CT molecular complexity index is 875. The molecule has 7 heteroatoms. The average molecular weight is 365 g/mol. The molecule has 2 fully saturated rings. The van der Waals surface area contributed by atoms with E-state index < -0.39 is 0 Å². The van der Waals surface area contributed by atoms with E-state index in [1.54, 1.807) is 12.1 Å². The van der Waals surface area contributed by atoms with Gasteiger partial charge in [0, 0.05) is 18.2 Å². The quantitative estimate of drug-likeness (QED) is 0.858. The smallest absolute Gasteiger partial charge is 0.149 e. The Kier molecular flexibility index (Phi) is 4.92. The van der Waals surface area contributed by atoms with Gasteiger partial charge in [0.1, 0.15) is 11.6 Å². The highest BCUT2D eigenvalue weighted by molar-refractivity contribution is 5.71. The second kappa shape index (κ2) is 7.51. The van der Waals surface area contributed by atoms with E-state index in [4.69, 9.17) is 10.00 Å². The Morgan fingerprint density at radius 1 is 1.30 bits per heavy atom. The van der Waals surface area contributed by atoms with Crippen LogP contribution in [0.5, 0.6) is 5.75 Å². The number of phenols is 1. The SMILES string of the molecule is Cc1cc(N[C@@H]2CCCN(C3COC3)C2)nnc1-c1ccc(C#N)cc1O. The molecule has 2 aromatic rings. The molecule has 2 aliphatic heterocycles. The summed E-state index contributed by atoms with van der Waals surface area (Å²) in [5.41, 5.74) is 2.55. The van der Waals surface area contributed by atoms with Gasteiger partial charge in [-0.25, -0.2) is 0 Å². The van der Waals surface area contributed by atoms with Crippen LogP contribution >= 0.6 is 0 Å². The Balaban J connectivity index is 1.48. The van der Waals surface area contributed by atoms with Gasteiger partial charge in [0.25, 0.3) is 0 Å². The topological polar surface area (TPSA) is 94.3 Å². The molecule has 3 heterocycles. The first-order valence-corrected chi connectivity index (χ1v) is 9.30. The summed E-state index contributed by atoms with van der Waals surface area (Å²) in [7, 11) is 0. The van der Waals surface area contributed by atoms with E-state index in [1.807, 2.05) is 19.1 Å². The molecule has 1 atom stereocenters. The van der Waals surface area contributed by atoms with Gasteiger partial charge >= 0.3 is 0 Å². The molecule has 140 valence electrons. The number of rotatable bonds is 4. The molecule has 2 saturated heterocycles. The minimum Gasteiger partial charge on any atom is -0.507 e. The van der Waals surface area contributed by atoms with Crippen LogP contribution in [0.1, 0.15) is 24.0 Å². The molecule has 2 N–H and O–H groups in total. The van der Waals surface area contributed by atoms with E-state index in [0.29, 0.717) is 28.9 Å². The largest absolute Gasteiger partial charge is 0.507 e. The van der Waals surface area contributed by atoms with Gasteiger partial charge in [-0.05, 0) is 56.1 Å². The monoisotopic (exact) mass is 365 g/mol. The van der Waals surface area contributed by atoms with E-state index in [1.165, 1.54) is 6.07 Å². The van der Waals surface area contributed by atoms with Crippen molar-refractivity contribution in [2.45, 2.75) is 31.8 Å². The highest BCUT2D eigenvalue weighted by Crippen LogP contribution is 2.31. The molecule has 2 aliphatic rings. The van der Waals surface area contributed by atoms with Gasteiger partial charge in [-0.15, -0.1) is 10.2 Å². The maximum absolute atomic E-state index is 10.2. The van der Waals surface area contributed by atoms with Crippen molar-refractivity contribution in [2.75, 3.05) is 31.6 Å². The zero-order valence-electron chi connectivity index (χ0n) is 15.4. The standard InChI is InChI=1S/C20H23N5O2/c1-13-7-19(22-15-3-2-6-25(10-15)16-11-27-12-16)23-24-20(13)17-5-4-14(9-21)8-18(17)26/h4-5,7-8,15-16,26H,2-3,6,10-12H2,1H3,(H,22,23)/t15-/m1/s1. The first-order chi connectivity index (χ1) is 13.1. The predicted molar refractivity (Wildman–Crippen MR) is 101 cm³/mol. The Labute approximate surface area is 158 Å². The molecular formula is C20H23N5O2. The summed E-state index contributed by atoms with van der Waals surface area (Å²) in [5.74, 6) is 0.791. The number of ether oxygens (including phenoxy) is 1. The minimum absolute atomic E-state index is 0.0396. The van der Waals surface area contributed by atoms with Crippen LogP contribution in [0, 0.1) is 18.3 Å². The van der Waals surface area contributed by atoms with E-state index in [9.17, 15) is 5.11 Å². The highest BCUT2D eigenvalue weighted by Gasteiger charge is 2.30. The lowest BCUT2D eigenvalue weighted by Gasteiger charge is -2.42. The number of nitrogens with one attached hydrogen (secondary N) is 1. The third kappa shape index (κ3) is 3.72. The van der Waals surface area contributed by atoms with Crippen molar-refractivity contribution in [1.29, 1.82) is 5.26 Å². The number of hydrogen-bond donors (Lipinski definition) is 2. The van der Waals surface area contributed by atoms with E-state index in [0.717, 1.165) is 50.5 Å². The van der Waals surface area contributed by atoms with Crippen LogP contribution in [-0.4, -0.2) is 58.6 Å². The summed E-state index contributed by atoms with van der Waals surface area (Å²) in [6, 6.07) is 9.71. The average Bonchev–Trinajstić information content (AvgIpc) is 2.61. The second-order valence-corrected chi connectivity index (χ2v) is 7.27. The number of hydrogen-bond acceptors (Lipinski definition) is 7. The number of aromatic nitrogens is 2. The minimum atomic E-state index is 0.0396. The van der Waals surface area contributed by atoms with Crippen molar-refractivity contribution in [3.8, 4) is 23.1 Å². The molecule has 1 aromatic heterocycles. The van der Waals surface area contributed by atoms with Gasteiger partial charge in [-0.2, -0.15) is 5.26 Å². The summed E-state index contributed by atoms with van der Waals surface area (Å²) in [5, 5.41) is 31.3. The number of piperidine rings is 1. The number of phenolic OH excluding ortho intramolecular Hbond substituents is 1. The summed E-state index contributed by atoms with van der Waals surface area (Å²) in [4.78, 5) is 2.49. The van der Waals surface area contributed by atoms with Crippen LogP contribution < -0.4 is 5.32 Å². The van der Waals surface area contributed by atoms with Gasteiger partial charge < -0.3 is 15.2 Å². The number of anilines is 1. The number of nitriles is 1. The molecule has 0 bridgehead atoms. The third-order valence-electron chi connectivity index (χ3n) is 5.31. The van der Waals surface area contributed by atoms with E-state index in [-0.39, 0.29) is 5.75 Å². The molecule has 7 nitrogen and oxygen atoms in total. The number of aryl methyl sites for hydroxylation is 1. The van der Waals surface area contributed by atoms with Crippen LogP contribution in [-0.2, 0) is 4.74 Å². The fourth-order valence-electron chi connectivity index (χ4n) is 3.72. The van der Waals surface area contributed by atoms with Crippen molar-refractivity contribution in [3.05, 3.63) is 35.4 Å². The third-order valence-corrected chi connectivity index (χ3v) is 5.31. The molecule has 0 radical (unpaired) electrons. The van der Waals surface area contributed by atoms with Crippen LogP contribution in [0.4, 0.5) is 5.82 Å². The van der Waals surface area contributed by atoms with Gasteiger partial charge in [-0.3, -0.25) is 4.90 Å². The summed E-state index contributed by atoms with van der Waals surface area (Å²) in [6.07, 6.45) is 2.28. The van der Waals surface area contributed by atoms with Gasteiger partial charge in [-0.1, -0.05) is 0 Å².